The molecule has 0 radical (unpaired) electrons. The van der Waals surface area contributed by atoms with E-state index >= 15 is 0 Å². The Hall–Kier alpha value is -1.91. The number of hydrogen-bond acceptors (Lipinski definition) is 1. The molecule has 2 N–H and O–H groups in total. The van der Waals surface area contributed by atoms with Gasteiger partial charge in [0.25, 0.3) is 5.91 Å². The topological polar surface area (TPSA) is 33.5 Å². The molecule has 0 heterocycles. The molecular weight excluding hydrogens is 327 g/mol. The fourth-order valence-electron chi connectivity index (χ4n) is 3.43. The maximum atomic E-state index is 13.7. The average Bonchev–Trinajstić information content (AvgIpc) is 2.57. The molecule has 0 aromatic heterocycles. The van der Waals surface area contributed by atoms with Crippen LogP contribution in [0.5, 0.6) is 0 Å². The molecule has 0 spiro atoms. The van der Waals surface area contributed by atoms with Gasteiger partial charge in [0.05, 0.1) is 12.7 Å². The summed E-state index contributed by atoms with van der Waals surface area (Å²) >= 11 is 5.86. The summed E-state index contributed by atoms with van der Waals surface area (Å²) < 4.78 is 13.7. The Balaban J connectivity index is 1.68. The highest BCUT2D eigenvalue weighted by Gasteiger charge is 2.28. The number of likely N-dealkylation sites (N-methyl/N-ethyl adjacent to an activating group) is 1. The van der Waals surface area contributed by atoms with E-state index in [1.807, 2.05) is 13.1 Å². The maximum Gasteiger partial charge on any atom is 0.279 e. The number of fused-ring (bicyclic) bond motifs is 1. The van der Waals surface area contributed by atoms with Crippen molar-refractivity contribution < 1.29 is 14.1 Å². The van der Waals surface area contributed by atoms with E-state index in [1.165, 1.54) is 29.3 Å². The third-order valence-electron chi connectivity index (χ3n) is 4.61. The predicted octanol–water partition coefficient (Wildman–Crippen LogP) is 3.01. The third kappa shape index (κ3) is 3.77. The minimum atomic E-state index is -0.478. The van der Waals surface area contributed by atoms with Crippen LogP contribution in [-0.2, 0) is 11.2 Å². The molecule has 0 saturated heterocycles. The zero-order valence-electron chi connectivity index (χ0n) is 13.6. The first-order chi connectivity index (χ1) is 11.5. The lowest BCUT2D eigenvalue weighted by Crippen LogP contribution is -3.10. The molecule has 0 bridgehead atoms. The molecule has 0 fully saturated rings. The van der Waals surface area contributed by atoms with Crippen molar-refractivity contribution in [3.05, 3.63) is 64.4 Å². The van der Waals surface area contributed by atoms with E-state index in [2.05, 4.69) is 23.5 Å². The molecule has 2 aromatic rings. The smallest absolute Gasteiger partial charge is 0.279 e. The van der Waals surface area contributed by atoms with Gasteiger partial charge in [-0.1, -0.05) is 35.9 Å². The van der Waals surface area contributed by atoms with Gasteiger partial charge in [0.2, 0.25) is 0 Å². The number of halogens is 2. The highest BCUT2D eigenvalue weighted by atomic mass is 35.5. The van der Waals surface area contributed by atoms with Crippen LogP contribution in [0.4, 0.5) is 10.1 Å². The molecule has 1 aliphatic rings. The Morgan fingerprint density at radius 2 is 2.12 bits per heavy atom. The van der Waals surface area contributed by atoms with Gasteiger partial charge in [0.1, 0.15) is 11.9 Å². The fourth-order valence-corrected chi connectivity index (χ4v) is 3.60. The molecule has 24 heavy (non-hydrogen) atoms. The first kappa shape index (κ1) is 16.9. The number of rotatable bonds is 4. The van der Waals surface area contributed by atoms with Crippen LogP contribution in [0.25, 0.3) is 0 Å². The van der Waals surface area contributed by atoms with E-state index in [1.54, 1.807) is 0 Å². The second-order valence-corrected chi connectivity index (χ2v) is 6.78. The number of benzene rings is 2. The second-order valence-electron chi connectivity index (χ2n) is 6.34. The molecule has 0 aliphatic heterocycles. The van der Waals surface area contributed by atoms with Crippen LogP contribution in [-0.4, -0.2) is 19.5 Å². The number of hydrogen-bond donors (Lipinski definition) is 2. The molecule has 2 aromatic carbocycles. The SMILES string of the molecule is C[NH+](CC(=O)Nc1cc(Cl)ccc1F)[C@@H]1CCCc2ccccc21. The molecule has 2 atom stereocenters. The Morgan fingerprint density at radius 1 is 1.33 bits per heavy atom. The van der Waals surface area contributed by atoms with E-state index in [9.17, 15) is 9.18 Å². The number of carbonyl (C=O) groups is 1. The Kier molecular flexibility index (Phi) is 5.17. The van der Waals surface area contributed by atoms with Crippen molar-refractivity contribution >= 4 is 23.2 Å². The first-order valence-electron chi connectivity index (χ1n) is 8.19. The summed E-state index contributed by atoms with van der Waals surface area (Å²) in [6.07, 6.45) is 3.28. The van der Waals surface area contributed by atoms with E-state index in [0.717, 1.165) is 24.2 Å². The molecule has 3 nitrogen and oxygen atoms in total. The summed E-state index contributed by atoms with van der Waals surface area (Å²) in [4.78, 5) is 13.4. The predicted molar refractivity (Wildman–Crippen MR) is 93.9 cm³/mol. The maximum absolute atomic E-state index is 13.7. The highest BCUT2D eigenvalue weighted by Crippen LogP contribution is 2.27. The van der Waals surface area contributed by atoms with Crippen LogP contribution in [0, 0.1) is 5.82 Å². The van der Waals surface area contributed by atoms with Crippen molar-refractivity contribution in [2.45, 2.75) is 25.3 Å². The van der Waals surface area contributed by atoms with Gasteiger partial charge in [0.15, 0.2) is 6.54 Å². The molecule has 1 aliphatic carbocycles. The first-order valence-corrected chi connectivity index (χ1v) is 8.57. The molecule has 5 heteroatoms. The zero-order chi connectivity index (χ0) is 17.1. The standard InChI is InChI=1S/C19H20ClFN2O/c1-23(18-8-4-6-13-5-2-3-7-15(13)18)12-19(24)22-17-11-14(20)9-10-16(17)21/h2-3,5,7,9-11,18H,4,6,8,12H2,1H3,(H,22,24)/p+1/t18-/m1/s1. The molecule has 0 saturated carbocycles. The Labute approximate surface area is 146 Å². The van der Waals surface area contributed by atoms with E-state index in [-0.39, 0.29) is 18.1 Å². The van der Waals surface area contributed by atoms with E-state index in [0.29, 0.717) is 11.1 Å². The number of carbonyl (C=O) groups excluding carboxylic acids is 1. The van der Waals surface area contributed by atoms with Gasteiger partial charge in [-0.25, -0.2) is 4.39 Å². The number of quaternary nitrogens is 1. The van der Waals surface area contributed by atoms with Crippen LogP contribution < -0.4 is 10.2 Å². The van der Waals surface area contributed by atoms with Gasteiger partial charge in [-0.05, 0) is 36.6 Å². The summed E-state index contributed by atoms with van der Waals surface area (Å²) in [5.74, 6) is -0.690. The summed E-state index contributed by atoms with van der Waals surface area (Å²) in [7, 11) is 2.01. The van der Waals surface area contributed by atoms with E-state index in [4.69, 9.17) is 11.6 Å². The van der Waals surface area contributed by atoms with Crippen molar-refractivity contribution in [3.8, 4) is 0 Å². The lowest BCUT2D eigenvalue weighted by molar-refractivity contribution is -0.905. The normalized spacial score (nSPS) is 17.9. The number of aryl methyl sites for hydroxylation is 1. The zero-order valence-corrected chi connectivity index (χ0v) is 14.4. The summed E-state index contributed by atoms with van der Waals surface area (Å²) in [5, 5.41) is 3.02. The summed E-state index contributed by atoms with van der Waals surface area (Å²) in [6, 6.07) is 12.9. The molecule has 126 valence electrons. The van der Waals surface area contributed by atoms with Crippen LogP contribution in [0.3, 0.4) is 0 Å². The largest absolute Gasteiger partial charge is 0.323 e. The van der Waals surface area contributed by atoms with Crippen molar-refractivity contribution in [1.82, 2.24) is 0 Å². The second kappa shape index (κ2) is 7.32. The fraction of sp³-hybridized carbons (Fsp3) is 0.316. The lowest BCUT2D eigenvalue weighted by Gasteiger charge is -2.30. The van der Waals surface area contributed by atoms with Gasteiger partial charge in [-0.2, -0.15) is 0 Å². The van der Waals surface area contributed by atoms with Crippen molar-refractivity contribution in [2.75, 3.05) is 18.9 Å². The molecule has 1 amide bonds. The van der Waals surface area contributed by atoms with E-state index < -0.39 is 5.82 Å². The lowest BCUT2D eigenvalue weighted by atomic mass is 9.87. The Morgan fingerprint density at radius 3 is 2.96 bits per heavy atom. The number of anilines is 1. The van der Waals surface area contributed by atoms with Gasteiger partial charge in [-0.3, -0.25) is 4.79 Å². The molecule has 1 unspecified atom stereocenters. The van der Waals surface area contributed by atoms with Crippen LogP contribution in [0.1, 0.15) is 30.0 Å². The average molecular weight is 348 g/mol. The molecule has 3 rings (SSSR count). The number of nitrogens with one attached hydrogen (secondary N) is 2. The monoisotopic (exact) mass is 347 g/mol. The van der Waals surface area contributed by atoms with Gasteiger partial charge in [0, 0.05) is 17.0 Å². The quantitative estimate of drug-likeness (QED) is 0.875. The highest BCUT2D eigenvalue weighted by molar-refractivity contribution is 6.30. The van der Waals surface area contributed by atoms with Crippen LogP contribution >= 0.6 is 11.6 Å². The minimum absolute atomic E-state index is 0.129. The molecular formula is C19H21ClFN2O+. The van der Waals surface area contributed by atoms with Crippen LogP contribution in [0.2, 0.25) is 5.02 Å². The number of amides is 1. The minimum Gasteiger partial charge on any atom is -0.323 e. The van der Waals surface area contributed by atoms with Gasteiger partial charge >= 0.3 is 0 Å². The van der Waals surface area contributed by atoms with Crippen molar-refractivity contribution in [2.24, 2.45) is 0 Å². The van der Waals surface area contributed by atoms with Gasteiger partial charge < -0.3 is 10.2 Å². The van der Waals surface area contributed by atoms with Crippen molar-refractivity contribution in [1.29, 1.82) is 0 Å². The van der Waals surface area contributed by atoms with Crippen molar-refractivity contribution in [3.63, 3.8) is 0 Å². The third-order valence-corrected chi connectivity index (χ3v) is 4.84. The van der Waals surface area contributed by atoms with Crippen LogP contribution in [0.15, 0.2) is 42.5 Å². The Bertz CT molecular complexity index is 750. The van der Waals surface area contributed by atoms with Gasteiger partial charge in [-0.15, -0.1) is 0 Å². The summed E-state index contributed by atoms with van der Waals surface area (Å²) in [6.45, 7) is 0.283. The summed E-state index contributed by atoms with van der Waals surface area (Å²) in [5.41, 5.74) is 2.82.